The van der Waals surface area contributed by atoms with E-state index in [1.807, 2.05) is 0 Å². The molecule has 1 aliphatic carbocycles. The van der Waals surface area contributed by atoms with Gasteiger partial charge in [0.1, 0.15) is 0 Å². The van der Waals surface area contributed by atoms with E-state index in [9.17, 15) is 14.4 Å². The number of halogens is 1. The third-order valence-electron chi connectivity index (χ3n) is 3.47. The molecule has 2 amide bonds. The molecule has 8 heteroatoms. The van der Waals surface area contributed by atoms with Crippen LogP contribution < -0.4 is 10.6 Å². The highest BCUT2D eigenvalue weighted by molar-refractivity contribution is 9.10. The Kier molecular flexibility index (Phi) is 5.18. The number of anilines is 1. The molecular formula is C17H15BrN2O5. The molecule has 0 unspecified atom stereocenters. The van der Waals surface area contributed by atoms with Gasteiger partial charge in [-0.05, 0) is 53.0 Å². The van der Waals surface area contributed by atoms with Crippen molar-refractivity contribution in [2.75, 3.05) is 11.9 Å². The summed E-state index contributed by atoms with van der Waals surface area (Å²) in [7, 11) is 0. The van der Waals surface area contributed by atoms with Crippen LogP contribution in [0.25, 0.3) is 0 Å². The number of furan rings is 1. The van der Waals surface area contributed by atoms with Crippen molar-refractivity contribution in [2.24, 2.45) is 0 Å². The molecular weight excluding hydrogens is 392 g/mol. The molecule has 0 bridgehead atoms. The van der Waals surface area contributed by atoms with Crippen LogP contribution in [0.5, 0.6) is 0 Å². The van der Waals surface area contributed by atoms with E-state index in [1.54, 1.807) is 30.3 Å². The predicted octanol–water partition coefficient (Wildman–Crippen LogP) is 2.73. The van der Waals surface area contributed by atoms with Crippen molar-refractivity contribution in [1.82, 2.24) is 5.32 Å². The number of rotatable bonds is 6. The van der Waals surface area contributed by atoms with E-state index in [4.69, 9.17) is 9.15 Å². The maximum atomic E-state index is 12.2. The summed E-state index contributed by atoms with van der Waals surface area (Å²) in [6, 6.07) is 9.85. The topological polar surface area (TPSA) is 97.6 Å². The number of hydrogen-bond acceptors (Lipinski definition) is 5. The smallest absolute Gasteiger partial charge is 0.374 e. The van der Waals surface area contributed by atoms with Crippen LogP contribution in [0.2, 0.25) is 0 Å². The number of carbonyl (C=O) groups is 3. The summed E-state index contributed by atoms with van der Waals surface area (Å²) in [5.74, 6) is -1.55. The summed E-state index contributed by atoms with van der Waals surface area (Å²) >= 11 is 3.08. The van der Waals surface area contributed by atoms with Gasteiger partial charge >= 0.3 is 5.97 Å². The summed E-state index contributed by atoms with van der Waals surface area (Å²) in [5, 5.41) is 5.45. The van der Waals surface area contributed by atoms with Crippen LogP contribution in [0, 0.1) is 0 Å². The van der Waals surface area contributed by atoms with Gasteiger partial charge in [0.15, 0.2) is 11.3 Å². The van der Waals surface area contributed by atoms with Crippen LogP contribution >= 0.6 is 15.9 Å². The van der Waals surface area contributed by atoms with Crippen molar-refractivity contribution in [2.45, 2.75) is 18.9 Å². The third-order valence-corrected chi connectivity index (χ3v) is 3.89. The minimum absolute atomic E-state index is 0.0103. The van der Waals surface area contributed by atoms with Crippen LogP contribution in [-0.2, 0) is 9.53 Å². The maximum Gasteiger partial charge on any atom is 0.374 e. The number of amides is 2. The first-order valence-corrected chi connectivity index (χ1v) is 8.44. The van der Waals surface area contributed by atoms with E-state index in [0.29, 0.717) is 15.9 Å². The van der Waals surface area contributed by atoms with Gasteiger partial charge < -0.3 is 19.8 Å². The SMILES string of the molecule is O=C(COC(=O)c1ccc(Br)o1)Nc1ccccc1C(=O)NC1CC1. The summed E-state index contributed by atoms with van der Waals surface area (Å²) < 4.78 is 10.3. The Morgan fingerprint density at radius 3 is 2.60 bits per heavy atom. The fraction of sp³-hybridized carbons (Fsp3) is 0.235. The monoisotopic (exact) mass is 406 g/mol. The van der Waals surface area contributed by atoms with Crippen molar-refractivity contribution in [3.63, 3.8) is 0 Å². The molecule has 0 atom stereocenters. The molecule has 1 aliphatic rings. The van der Waals surface area contributed by atoms with Gasteiger partial charge in [-0.3, -0.25) is 9.59 Å². The molecule has 2 N–H and O–H groups in total. The molecule has 1 aromatic heterocycles. The van der Waals surface area contributed by atoms with Gasteiger partial charge in [0.05, 0.1) is 11.3 Å². The molecule has 2 aromatic rings. The number of carbonyl (C=O) groups excluding carboxylic acids is 3. The van der Waals surface area contributed by atoms with E-state index >= 15 is 0 Å². The van der Waals surface area contributed by atoms with Gasteiger partial charge in [-0.1, -0.05) is 12.1 Å². The Labute approximate surface area is 151 Å². The quantitative estimate of drug-likeness (QED) is 0.718. The Hall–Kier alpha value is -2.61. The van der Waals surface area contributed by atoms with Gasteiger partial charge in [0, 0.05) is 6.04 Å². The lowest BCUT2D eigenvalue weighted by Crippen LogP contribution is -2.27. The summed E-state index contributed by atoms with van der Waals surface area (Å²) in [4.78, 5) is 35.9. The molecule has 1 fully saturated rings. The third kappa shape index (κ3) is 4.69. The number of ether oxygens (including phenoxy) is 1. The first kappa shape index (κ1) is 17.2. The maximum absolute atomic E-state index is 12.2. The van der Waals surface area contributed by atoms with Crippen LogP contribution in [0.3, 0.4) is 0 Å². The first-order chi connectivity index (χ1) is 12.0. The van der Waals surface area contributed by atoms with Crippen LogP contribution in [-0.4, -0.2) is 30.4 Å². The summed E-state index contributed by atoms with van der Waals surface area (Å²) in [6.45, 7) is -0.490. The number of esters is 1. The molecule has 1 heterocycles. The minimum atomic E-state index is -0.749. The van der Waals surface area contributed by atoms with Gasteiger partial charge in [0.25, 0.3) is 11.8 Å². The van der Waals surface area contributed by atoms with E-state index in [-0.39, 0.29) is 17.7 Å². The highest BCUT2D eigenvalue weighted by Crippen LogP contribution is 2.21. The van der Waals surface area contributed by atoms with Gasteiger partial charge in [0.2, 0.25) is 5.76 Å². The average Bonchev–Trinajstić information content (AvgIpc) is 3.30. The molecule has 1 aromatic carbocycles. The average molecular weight is 407 g/mol. The normalized spacial score (nSPS) is 13.2. The molecule has 0 spiro atoms. The zero-order valence-corrected chi connectivity index (χ0v) is 14.7. The largest absolute Gasteiger partial charge is 0.450 e. The second kappa shape index (κ2) is 7.52. The van der Waals surface area contributed by atoms with E-state index in [0.717, 1.165) is 12.8 Å². The lowest BCUT2D eigenvalue weighted by molar-refractivity contribution is -0.119. The van der Waals surface area contributed by atoms with Crippen LogP contribution in [0.1, 0.15) is 33.8 Å². The van der Waals surface area contributed by atoms with E-state index in [2.05, 4.69) is 26.6 Å². The lowest BCUT2D eigenvalue weighted by atomic mass is 10.1. The highest BCUT2D eigenvalue weighted by Gasteiger charge is 2.25. The van der Waals surface area contributed by atoms with E-state index in [1.165, 1.54) is 6.07 Å². The Bertz CT molecular complexity index is 813. The molecule has 0 saturated heterocycles. The van der Waals surface area contributed by atoms with Crippen LogP contribution in [0.15, 0.2) is 45.5 Å². The standard InChI is InChI=1S/C17H15BrN2O5/c18-14-8-7-13(25-14)17(23)24-9-15(21)20-12-4-2-1-3-11(12)16(22)19-10-5-6-10/h1-4,7-8,10H,5-6,9H2,(H,19,22)(H,20,21). The number of benzene rings is 1. The highest BCUT2D eigenvalue weighted by atomic mass is 79.9. The van der Waals surface area contributed by atoms with Gasteiger partial charge in [-0.2, -0.15) is 0 Å². The van der Waals surface area contributed by atoms with Crippen molar-refractivity contribution < 1.29 is 23.5 Å². The minimum Gasteiger partial charge on any atom is -0.450 e. The molecule has 0 aliphatic heterocycles. The first-order valence-electron chi connectivity index (χ1n) is 7.65. The van der Waals surface area contributed by atoms with Gasteiger partial charge in [-0.15, -0.1) is 0 Å². The summed E-state index contributed by atoms with van der Waals surface area (Å²) in [5.41, 5.74) is 0.728. The van der Waals surface area contributed by atoms with Crippen LogP contribution in [0.4, 0.5) is 5.69 Å². The molecule has 3 rings (SSSR count). The molecule has 0 radical (unpaired) electrons. The summed E-state index contributed by atoms with van der Waals surface area (Å²) in [6.07, 6.45) is 1.94. The molecule has 130 valence electrons. The molecule has 1 saturated carbocycles. The molecule has 25 heavy (non-hydrogen) atoms. The fourth-order valence-corrected chi connectivity index (χ4v) is 2.40. The lowest BCUT2D eigenvalue weighted by Gasteiger charge is -2.11. The molecule has 7 nitrogen and oxygen atoms in total. The van der Waals surface area contributed by atoms with Crippen molar-refractivity contribution >= 4 is 39.4 Å². The number of para-hydroxylation sites is 1. The second-order valence-corrected chi connectivity index (χ2v) is 6.30. The zero-order chi connectivity index (χ0) is 17.8. The second-order valence-electron chi connectivity index (χ2n) is 5.52. The number of nitrogens with one attached hydrogen (secondary N) is 2. The van der Waals surface area contributed by atoms with Crippen molar-refractivity contribution in [3.8, 4) is 0 Å². The Balaban J connectivity index is 1.57. The zero-order valence-electron chi connectivity index (χ0n) is 13.1. The number of hydrogen-bond donors (Lipinski definition) is 2. The van der Waals surface area contributed by atoms with Crippen molar-refractivity contribution in [3.05, 3.63) is 52.4 Å². The Morgan fingerprint density at radius 1 is 1.16 bits per heavy atom. The predicted molar refractivity (Wildman–Crippen MR) is 92.3 cm³/mol. The fourth-order valence-electron chi connectivity index (χ4n) is 2.09. The van der Waals surface area contributed by atoms with Gasteiger partial charge in [-0.25, -0.2) is 4.79 Å². The Morgan fingerprint density at radius 2 is 1.92 bits per heavy atom. The van der Waals surface area contributed by atoms with Crippen molar-refractivity contribution in [1.29, 1.82) is 0 Å². The van der Waals surface area contributed by atoms with E-state index < -0.39 is 18.5 Å².